The molecule has 0 radical (unpaired) electrons. The molecule has 1 saturated carbocycles. The van der Waals surface area contributed by atoms with Crippen LogP contribution >= 0.6 is 0 Å². The average Bonchev–Trinajstić information content (AvgIpc) is 2.70. The molecule has 2 N–H and O–H groups in total. The number of urea groups is 1. The molecule has 1 fully saturated rings. The molecular weight excluding hydrogens is 358 g/mol. The summed E-state index contributed by atoms with van der Waals surface area (Å²) in [7, 11) is 3.21. The number of benzene rings is 1. The van der Waals surface area contributed by atoms with Gasteiger partial charge in [-0.05, 0) is 37.0 Å². The Morgan fingerprint density at radius 2 is 1.79 bits per heavy atom. The van der Waals surface area contributed by atoms with Gasteiger partial charge in [0.25, 0.3) is 0 Å². The number of carbonyl (C=O) groups is 2. The Kier molecular flexibility index (Phi) is 8.91. The topological polar surface area (TPSA) is 79.9 Å². The third kappa shape index (κ3) is 6.94. The Hall–Kier alpha value is -2.44. The lowest BCUT2D eigenvalue weighted by molar-refractivity contribution is -0.128. The minimum Gasteiger partial charge on any atom is -0.493 e. The van der Waals surface area contributed by atoms with E-state index < -0.39 is 0 Å². The van der Waals surface area contributed by atoms with Gasteiger partial charge in [-0.2, -0.15) is 0 Å². The van der Waals surface area contributed by atoms with E-state index in [-0.39, 0.29) is 18.0 Å². The van der Waals surface area contributed by atoms with E-state index in [1.54, 1.807) is 26.0 Å². The number of nitrogens with one attached hydrogen (secondary N) is 2. The molecule has 0 aliphatic heterocycles. The van der Waals surface area contributed by atoms with E-state index in [0.717, 1.165) is 18.4 Å². The van der Waals surface area contributed by atoms with Crippen LogP contribution in [0.2, 0.25) is 0 Å². The summed E-state index contributed by atoms with van der Waals surface area (Å²) in [5, 5.41) is 5.89. The summed E-state index contributed by atoms with van der Waals surface area (Å²) >= 11 is 0. The highest BCUT2D eigenvalue weighted by Crippen LogP contribution is 2.27. The van der Waals surface area contributed by atoms with Crippen LogP contribution in [-0.2, 0) is 11.2 Å². The van der Waals surface area contributed by atoms with E-state index >= 15 is 0 Å². The van der Waals surface area contributed by atoms with E-state index in [2.05, 4.69) is 10.6 Å². The molecule has 2 rings (SSSR count). The molecule has 1 aromatic carbocycles. The van der Waals surface area contributed by atoms with Crippen LogP contribution in [0.15, 0.2) is 18.2 Å². The van der Waals surface area contributed by atoms with Crippen molar-refractivity contribution in [3.63, 3.8) is 0 Å². The van der Waals surface area contributed by atoms with Crippen LogP contribution in [0.1, 0.15) is 44.6 Å². The highest BCUT2D eigenvalue weighted by atomic mass is 16.5. The highest BCUT2D eigenvalue weighted by molar-refractivity contribution is 5.75. The molecule has 0 unspecified atom stereocenters. The molecule has 156 valence electrons. The second-order valence-corrected chi connectivity index (χ2v) is 7.18. The van der Waals surface area contributed by atoms with Crippen molar-refractivity contribution in [3.8, 4) is 11.5 Å². The molecule has 0 heterocycles. The summed E-state index contributed by atoms with van der Waals surface area (Å²) in [6.07, 6.45) is 6.43. The van der Waals surface area contributed by atoms with Crippen molar-refractivity contribution in [2.24, 2.45) is 0 Å². The number of amides is 3. The second kappa shape index (κ2) is 11.4. The summed E-state index contributed by atoms with van der Waals surface area (Å²) in [5.74, 6) is 1.35. The third-order valence-corrected chi connectivity index (χ3v) is 5.17. The molecule has 0 spiro atoms. The van der Waals surface area contributed by atoms with Crippen LogP contribution in [0, 0.1) is 0 Å². The van der Waals surface area contributed by atoms with E-state index in [4.69, 9.17) is 9.47 Å². The van der Waals surface area contributed by atoms with Gasteiger partial charge >= 0.3 is 6.03 Å². The number of hydrogen-bond acceptors (Lipinski definition) is 4. The molecule has 1 aliphatic rings. The van der Waals surface area contributed by atoms with E-state index in [9.17, 15) is 9.59 Å². The maximum atomic E-state index is 12.0. The molecule has 0 atom stereocenters. The lowest BCUT2D eigenvalue weighted by atomic mass is 9.96. The molecule has 28 heavy (non-hydrogen) atoms. The summed E-state index contributed by atoms with van der Waals surface area (Å²) in [5.41, 5.74) is 1.06. The Morgan fingerprint density at radius 1 is 1.07 bits per heavy atom. The molecule has 7 nitrogen and oxygen atoms in total. The lowest BCUT2D eigenvalue weighted by Crippen LogP contribution is -2.45. The fraction of sp³-hybridized carbons (Fsp3) is 0.619. The van der Waals surface area contributed by atoms with Gasteiger partial charge in [0.2, 0.25) is 5.91 Å². The third-order valence-electron chi connectivity index (χ3n) is 5.17. The number of carbonyl (C=O) groups excluding carboxylic acids is 2. The first kappa shape index (κ1) is 21.9. The molecule has 3 amide bonds. The van der Waals surface area contributed by atoms with Crippen LogP contribution in [0.4, 0.5) is 4.79 Å². The van der Waals surface area contributed by atoms with Gasteiger partial charge in [0, 0.05) is 32.6 Å². The Morgan fingerprint density at radius 3 is 2.43 bits per heavy atom. The van der Waals surface area contributed by atoms with Crippen molar-refractivity contribution in [2.75, 3.05) is 33.9 Å². The number of methoxy groups -OCH3 is 2. The fourth-order valence-electron chi connectivity index (χ4n) is 3.51. The van der Waals surface area contributed by atoms with Gasteiger partial charge in [0.1, 0.15) is 0 Å². The monoisotopic (exact) mass is 391 g/mol. The molecule has 0 bridgehead atoms. The van der Waals surface area contributed by atoms with E-state index in [1.807, 2.05) is 18.2 Å². The zero-order valence-corrected chi connectivity index (χ0v) is 17.3. The molecular formula is C21H33N3O4. The number of hydrogen-bond donors (Lipinski definition) is 2. The van der Waals surface area contributed by atoms with Gasteiger partial charge in [0.15, 0.2) is 11.5 Å². The quantitative estimate of drug-likeness (QED) is 0.678. The van der Waals surface area contributed by atoms with Crippen molar-refractivity contribution in [2.45, 2.75) is 51.5 Å². The first-order valence-electron chi connectivity index (χ1n) is 10.0. The van der Waals surface area contributed by atoms with Crippen LogP contribution in [0.25, 0.3) is 0 Å². The van der Waals surface area contributed by atoms with Crippen molar-refractivity contribution >= 4 is 11.9 Å². The maximum absolute atomic E-state index is 12.0. The number of nitrogens with zero attached hydrogens (tertiary/aromatic N) is 1. The first-order chi connectivity index (χ1) is 13.5. The normalized spacial score (nSPS) is 14.2. The second-order valence-electron chi connectivity index (χ2n) is 7.18. The predicted molar refractivity (Wildman–Crippen MR) is 109 cm³/mol. The first-order valence-corrected chi connectivity index (χ1v) is 10.0. The maximum Gasteiger partial charge on any atom is 0.315 e. The average molecular weight is 392 g/mol. The minimum absolute atomic E-state index is 0.00466. The Labute approximate surface area is 167 Å². The summed E-state index contributed by atoms with van der Waals surface area (Å²) in [6.45, 7) is 3.05. The molecule has 0 aromatic heterocycles. The van der Waals surface area contributed by atoms with Gasteiger partial charge < -0.3 is 25.0 Å². The van der Waals surface area contributed by atoms with Crippen molar-refractivity contribution in [1.82, 2.24) is 15.5 Å². The number of ether oxygens (including phenoxy) is 2. The Balaban J connectivity index is 1.76. The smallest absolute Gasteiger partial charge is 0.315 e. The van der Waals surface area contributed by atoms with E-state index in [0.29, 0.717) is 37.6 Å². The zero-order valence-electron chi connectivity index (χ0n) is 17.3. The van der Waals surface area contributed by atoms with E-state index in [1.165, 1.54) is 19.3 Å². The van der Waals surface area contributed by atoms with Crippen LogP contribution < -0.4 is 20.1 Å². The standard InChI is InChI=1S/C21H33N3O4/c1-16(25)24(13-11-17-9-10-19(27-2)20(15-17)28-3)14-12-22-21(26)23-18-7-5-4-6-8-18/h9-10,15,18H,4-8,11-14H2,1-3H3,(H2,22,23,26). The SMILES string of the molecule is COc1ccc(CCN(CCNC(=O)NC2CCCCC2)C(C)=O)cc1OC. The van der Waals surface area contributed by atoms with Crippen LogP contribution in [-0.4, -0.2) is 56.7 Å². The minimum atomic E-state index is -0.143. The van der Waals surface area contributed by atoms with Crippen LogP contribution in [0.3, 0.4) is 0 Å². The zero-order chi connectivity index (χ0) is 20.4. The van der Waals surface area contributed by atoms with Crippen LogP contribution in [0.5, 0.6) is 11.5 Å². The Bertz CT molecular complexity index is 645. The van der Waals surface area contributed by atoms with Crippen molar-refractivity contribution < 1.29 is 19.1 Å². The fourth-order valence-corrected chi connectivity index (χ4v) is 3.51. The lowest BCUT2D eigenvalue weighted by Gasteiger charge is -2.24. The van der Waals surface area contributed by atoms with Crippen molar-refractivity contribution in [3.05, 3.63) is 23.8 Å². The van der Waals surface area contributed by atoms with Gasteiger partial charge in [-0.1, -0.05) is 25.3 Å². The van der Waals surface area contributed by atoms with Gasteiger partial charge in [0.05, 0.1) is 14.2 Å². The van der Waals surface area contributed by atoms with Gasteiger partial charge in [-0.15, -0.1) is 0 Å². The summed E-state index contributed by atoms with van der Waals surface area (Å²) in [4.78, 5) is 25.7. The van der Waals surface area contributed by atoms with Gasteiger partial charge in [-0.25, -0.2) is 4.79 Å². The molecule has 0 saturated heterocycles. The largest absolute Gasteiger partial charge is 0.493 e. The number of rotatable bonds is 9. The molecule has 7 heteroatoms. The van der Waals surface area contributed by atoms with Crippen molar-refractivity contribution in [1.29, 1.82) is 0 Å². The molecule has 1 aliphatic carbocycles. The van der Waals surface area contributed by atoms with Gasteiger partial charge in [-0.3, -0.25) is 4.79 Å². The summed E-state index contributed by atoms with van der Waals surface area (Å²) in [6, 6.07) is 5.89. The predicted octanol–water partition coefficient (Wildman–Crippen LogP) is 2.73. The summed E-state index contributed by atoms with van der Waals surface area (Å²) < 4.78 is 10.6. The highest BCUT2D eigenvalue weighted by Gasteiger charge is 2.16. The molecule has 1 aromatic rings.